The Morgan fingerprint density at radius 3 is 2.56 bits per heavy atom. The zero-order chi connectivity index (χ0) is 13.4. The van der Waals surface area contributed by atoms with Gasteiger partial charge in [0.15, 0.2) is 0 Å². The number of carbonyl (C=O) groups is 1. The van der Waals surface area contributed by atoms with Crippen LogP contribution in [0.4, 0.5) is 0 Å². The van der Waals surface area contributed by atoms with Crippen molar-refractivity contribution >= 4 is 5.91 Å². The summed E-state index contributed by atoms with van der Waals surface area (Å²) in [5.74, 6) is -0.223. The van der Waals surface area contributed by atoms with E-state index < -0.39 is 6.04 Å². The number of nitrogens with two attached hydrogens (primary N) is 1. The predicted octanol–water partition coefficient (Wildman–Crippen LogP) is 0.464. The number of carbonyl (C=O) groups excluding carboxylic acids is 1. The van der Waals surface area contributed by atoms with Crippen molar-refractivity contribution in [3.63, 3.8) is 0 Å². The topological polar surface area (TPSA) is 73.6 Å². The van der Waals surface area contributed by atoms with Crippen molar-refractivity contribution in [2.45, 2.75) is 12.1 Å². The number of hydrogen-bond donors (Lipinski definition) is 2. The molecule has 0 radical (unpaired) electrons. The summed E-state index contributed by atoms with van der Waals surface area (Å²) in [6.45, 7) is 0.807. The van der Waals surface area contributed by atoms with E-state index in [2.05, 4.69) is 5.32 Å². The molecular weight excluding hydrogens is 232 g/mol. The monoisotopic (exact) mass is 252 g/mol. The number of ether oxygens (including phenoxy) is 2. The number of amides is 1. The first-order chi connectivity index (χ1) is 8.69. The number of methoxy groups -OCH3 is 2. The molecule has 0 saturated heterocycles. The summed E-state index contributed by atoms with van der Waals surface area (Å²) in [7, 11) is 3.16. The Kier molecular flexibility index (Phi) is 6.35. The lowest BCUT2D eigenvalue weighted by molar-refractivity contribution is -0.123. The fourth-order valence-corrected chi connectivity index (χ4v) is 1.53. The number of nitrogens with one attached hydrogen (secondary N) is 1. The molecule has 5 nitrogen and oxygen atoms in total. The molecule has 1 aromatic carbocycles. The highest BCUT2D eigenvalue weighted by Gasteiger charge is 2.16. The summed E-state index contributed by atoms with van der Waals surface area (Å²) in [5.41, 5.74) is 6.64. The molecule has 2 atom stereocenters. The molecule has 0 aliphatic carbocycles. The Bertz CT molecular complexity index is 357. The van der Waals surface area contributed by atoms with E-state index >= 15 is 0 Å². The summed E-state index contributed by atoms with van der Waals surface area (Å²) in [6, 6.07) is 8.58. The Hall–Kier alpha value is -1.43. The summed E-state index contributed by atoms with van der Waals surface area (Å²) in [5, 5.41) is 2.75. The quantitative estimate of drug-likeness (QED) is 0.739. The lowest BCUT2D eigenvalue weighted by Crippen LogP contribution is -2.40. The number of rotatable bonds is 7. The Balaban J connectivity index is 2.45. The maximum absolute atomic E-state index is 11.8. The number of benzene rings is 1. The Labute approximate surface area is 107 Å². The van der Waals surface area contributed by atoms with Gasteiger partial charge in [-0.1, -0.05) is 30.3 Å². The van der Waals surface area contributed by atoms with Crippen LogP contribution in [0.3, 0.4) is 0 Å². The molecule has 0 aliphatic heterocycles. The fourth-order valence-electron chi connectivity index (χ4n) is 1.53. The molecule has 1 rings (SSSR count). The minimum absolute atomic E-state index is 0.165. The molecule has 0 saturated carbocycles. The molecule has 0 aliphatic rings. The normalized spacial score (nSPS) is 13.9. The standard InChI is InChI=1S/C13H20N2O3/c1-17-9-11(18-2)8-15-13(16)12(14)10-6-4-3-5-7-10/h3-7,11-12H,8-9,14H2,1-2H3,(H,15,16). The third-order valence-corrected chi connectivity index (χ3v) is 2.63. The summed E-state index contributed by atoms with van der Waals surface area (Å²) in [6.07, 6.45) is -0.165. The van der Waals surface area contributed by atoms with Crippen LogP contribution in [0, 0.1) is 0 Å². The molecule has 18 heavy (non-hydrogen) atoms. The first-order valence-electron chi connectivity index (χ1n) is 5.79. The molecule has 0 bridgehead atoms. The molecule has 3 N–H and O–H groups in total. The Morgan fingerprint density at radius 1 is 1.33 bits per heavy atom. The lowest BCUT2D eigenvalue weighted by Gasteiger charge is -2.17. The van der Waals surface area contributed by atoms with Crippen LogP contribution in [0.2, 0.25) is 0 Å². The zero-order valence-electron chi connectivity index (χ0n) is 10.8. The van der Waals surface area contributed by atoms with Gasteiger partial charge in [-0.05, 0) is 5.56 Å². The van der Waals surface area contributed by atoms with Crippen molar-refractivity contribution in [1.82, 2.24) is 5.32 Å². The highest BCUT2D eigenvalue weighted by atomic mass is 16.5. The van der Waals surface area contributed by atoms with E-state index in [-0.39, 0.29) is 12.0 Å². The lowest BCUT2D eigenvalue weighted by atomic mass is 10.1. The van der Waals surface area contributed by atoms with Gasteiger partial charge in [-0.3, -0.25) is 4.79 Å². The third kappa shape index (κ3) is 4.44. The molecule has 0 aromatic heterocycles. The maximum Gasteiger partial charge on any atom is 0.241 e. The van der Waals surface area contributed by atoms with E-state index in [4.69, 9.17) is 15.2 Å². The highest BCUT2D eigenvalue weighted by molar-refractivity contribution is 5.82. The predicted molar refractivity (Wildman–Crippen MR) is 69.1 cm³/mol. The van der Waals surface area contributed by atoms with Crippen LogP contribution < -0.4 is 11.1 Å². The van der Waals surface area contributed by atoms with Crippen LogP contribution >= 0.6 is 0 Å². The highest BCUT2D eigenvalue weighted by Crippen LogP contribution is 2.09. The van der Waals surface area contributed by atoms with Gasteiger partial charge in [0.1, 0.15) is 6.04 Å². The maximum atomic E-state index is 11.8. The van der Waals surface area contributed by atoms with Crippen molar-refractivity contribution in [3.8, 4) is 0 Å². The van der Waals surface area contributed by atoms with Gasteiger partial charge < -0.3 is 20.5 Å². The van der Waals surface area contributed by atoms with E-state index in [1.807, 2.05) is 30.3 Å². The summed E-state index contributed by atoms with van der Waals surface area (Å²) < 4.78 is 10.1. The van der Waals surface area contributed by atoms with Crippen LogP contribution in [0.25, 0.3) is 0 Å². The molecular formula is C13H20N2O3. The molecule has 2 unspecified atom stereocenters. The van der Waals surface area contributed by atoms with Crippen molar-refractivity contribution in [2.75, 3.05) is 27.4 Å². The molecule has 1 amide bonds. The van der Waals surface area contributed by atoms with Crippen LogP contribution in [0.5, 0.6) is 0 Å². The first-order valence-corrected chi connectivity index (χ1v) is 5.79. The van der Waals surface area contributed by atoms with E-state index in [1.165, 1.54) is 0 Å². The van der Waals surface area contributed by atoms with Gasteiger partial charge in [0.2, 0.25) is 5.91 Å². The van der Waals surface area contributed by atoms with Gasteiger partial charge in [0, 0.05) is 20.8 Å². The van der Waals surface area contributed by atoms with E-state index in [0.717, 1.165) is 5.56 Å². The molecule has 0 fully saturated rings. The average molecular weight is 252 g/mol. The van der Waals surface area contributed by atoms with E-state index in [1.54, 1.807) is 14.2 Å². The second-order valence-corrected chi connectivity index (χ2v) is 3.95. The average Bonchev–Trinajstić information content (AvgIpc) is 2.43. The fraction of sp³-hybridized carbons (Fsp3) is 0.462. The van der Waals surface area contributed by atoms with Crippen molar-refractivity contribution < 1.29 is 14.3 Å². The van der Waals surface area contributed by atoms with Crippen LogP contribution in [-0.2, 0) is 14.3 Å². The van der Waals surface area contributed by atoms with Gasteiger partial charge in [0.25, 0.3) is 0 Å². The third-order valence-electron chi connectivity index (χ3n) is 2.63. The first kappa shape index (κ1) is 14.6. The second-order valence-electron chi connectivity index (χ2n) is 3.95. The van der Waals surface area contributed by atoms with Gasteiger partial charge >= 0.3 is 0 Å². The van der Waals surface area contributed by atoms with Crippen molar-refractivity contribution in [2.24, 2.45) is 5.73 Å². The molecule has 0 heterocycles. The largest absolute Gasteiger partial charge is 0.382 e. The van der Waals surface area contributed by atoms with Crippen LogP contribution in [-0.4, -0.2) is 39.4 Å². The summed E-state index contributed by atoms with van der Waals surface area (Å²) >= 11 is 0. The van der Waals surface area contributed by atoms with Crippen LogP contribution in [0.1, 0.15) is 11.6 Å². The molecule has 100 valence electrons. The summed E-state index contributed by atoms with van der Waals surface area (Å²) in [4.78, 5) is 11.8. The van der Waals surface area contributed by atoms with Gasteiger partial charge in [-0.2, -0.15) is 0 Å². The Morgan fingerprint density at radius 2 is 2.00 bits per heavy atom. The van der Waals surface area contributed by atoms with E-state index in [9.17, 15) is 4.79 Å². The van der Waals surface area contributed by atoms with E-state index in [0.29, 0.717) is 13.2 Å². The second kappa shape index (κ2) is 7.81. The smallest absolute Gasteiger partial charge is 0.241 e. The molecule has 0 spiro atoms. The molecule has 5 heteroatoms. The minimum atomic E-state index is -0.661. The number of hydrogen-bond acceptors (Lipinski definition) is 4. The SMILES string of the molecule is COCC(CNC(=O)C(N)c1ccccc1)OC. The minimum Gasteiger partial charge on any atom is -0.382 e. The van der Waals surface area contributed by atoms with Crippen molar-refractivity contribution in [1.29, 1.82) is 0 Å². The van der Waals surface area contributed by atoms with Crippen molar-refractivity contribution in [3.05, 3.63) is 35.9 Å². The van der Waals surface area contributed by atoms with Gasteiger partial charge in [-0.15, -0.1) is 0 Å². The molecule has 1 aromatic rings. The van der Waals surface area contributed by atoms with Gasteiger partial charge in [0.05, 0.1) is 12.7 Å². The zero-order valence-corrected chi connectivity index (χ0v) is 10.8. The van der Waals surface area contributed by atoms with Crippen LogP contribution in [0.15, 0.2) is 30.3 Å². The van der Waals surface area contributed by atoms with Gasteiger partial charge in [-0.25, -0.2) is 0 Å².